The maximum atomic E-state index is 13.4. The second-order valence-corrected chi connectivity index (χ2v) is 4.99. The number of nitrogens with one attached hydrogen (secondary N) is 1. The summed E-state index contributed by atoms with van der Waals surface area (Å²) in [6.45, 7) is 1.89. The Morgan fingerprint density at radius 3 is 2.75 bits per heavy atom. The predicted molar refractivity (Wildman–Crippen MR) is 63.6 cm³/mol. The minimum atomic E-state index is -0.577. The van der Waals surface area contributed by atoms with E-state index >= 15 is 0 Å². The van der Waals surface area contributed by atoms with E-state index < -0.39 is 11.6 Å². The van der Waals surface area contributed by atoms with Crippen molar-refractivity contribution < 1.29 is 8.78 Å². The summed E-state index contributed by atoms with van der Waals surface area (Å²) in [6, 6.07) is 2.57. The first kappa shape index (κ1) is 11.8. The molecule has 1 heterocycles. The van der Waals surface area contributed by atoms with Gasteiger partial charge in [-0.15, -0.1) is 0 Å². The quantitative estimate of drug-likeness (QED) is 0.843. The molecule has 5 heteroatoms. The van der Waals surface area contributed by atoms with Gasteiger partial charge in [-0.1, -0.05) is 0 Å². The first-order chi connectivity index (χ1) is 7.56. The Labute approximate surface area is 102 Å². The van der Waals surface area contributed by atoms with Crippen LogP contribution < -0.4 is 5.32 Å². The van der Waals surface area contributed by atoms with E-state index in [9.17, 15) is 8.78 Å². The van der Waals surface area contributed by atoms with Crippen LogP contribution in [0.5, 0.6) is 0 Å². The Kier molecular flexibility index (Phi) is 3.44. The van der Waals surface area contributed by atoms with Gasteiger partial charge in [0, 0.05) is 18.7 Å². The highest BCUT2D eigenvalue weighted by molar-refractivity contribution is 9.10. The number of nitrogens with zero attached hydrogens (tertiary/aromatic N) is 1. The average Bonchev–Trinajstić information content (AvgIpc) is 2.60. The Morgan fingerprint density at radius 1 is 1.38 bits per heavy atom. The van der Waals surface area contributed by atoms with Crippen molar-refractivity contribution in [2.75, 3.05) is 25.5 Å². The van der Waals surface area contributed by atoms with Crippen LogP contribution in [0.25, 0.3) is 0 Å². The first-order valence-corrected chi connectivity index (χ1v) is 5.95. The van der Waals surface area contributed by atoms with Crippen LogP contribution in [0.1, 0.15) is 6.42 Å². The summed E-state index contributed by atoms with van der Waals surface area (Å²) in [6.07, 6.45) is 0.977. The zero-order valence-electron chi connectivity index (χ0n) is 8.93. The average molecular weight is 291 g/mol. The minimum Gasteiger partial charge on any atom is -0.379 e. The second kappa shape index (κ2) is 4.67. The van der Waals surface area contributed by atoms with E-state index in [0.29, 0.717) is 5.69 Å². The van der Waals surface area contributed by atoms with Crippen LogP contribution >= 0.6 is 15.9 Å². The van der Waals surface area contributed by atoms with Crippen LogP contribution in [0, 0.1) is 11.6 Å². The Hall–Kier alpha value is -0.680. The predicted octanol–water partition coefficient (Wildman–Crippen LogP) is 2.84. The van der Waals surface area contributed by atoms with E-state index in [1.807, 2.05) is 7.05 Å². The third-order valence-electron chi connectivity index (χ3n) is 2.76. The van der Waals surface area contributed by atoms with Gasteiger partial charge < -0.3 is 10.2 Å². The SMILES string of the molecule is CN1CCC(Nc2cc(Br)c(F)cc2F)C1. The summed E-state index contributed by atoms with van der Waals surface area (Å²) in [5.41, 5.74) is 0.355. The summed E-state index contributed by atoms with van der Waals surface area (Å²) in [5, 5.41) is 3.09. The third-order valence-corrected chi connectivity index (χ3v) is 3.37. The molecule has 1 aliphatic heterocycles. The van der Waals surface area contributed by atoms with Crippen LogP contribution in [0.2, 0.25) is 0 Å². The van der Waals surface area contributed by atoms with E-state index in [4.69, 9.17) is 0 Å². The van der Waals surface area contributed by atoms with Crippen molar-refractivity contribution in [1.82, 2.24) is 4.90 Å². The number of rotatable bonds is 2. The molecule has 1 aromatic rings. The Bertz CT molecular complexity index is 398. The summed E-state index contributed by atoms with van der Waals surface area (Å²) in [7, 11) is 2.03. The third kappa shape index (κ3) is 2.52. The zero-order chi connectivity index (χ0) is 11.7. The van der Waals surface area contributed by atoms with E-state index in [2.05, 4.69) is 26.1 Å². The molecule has 1 unspecified atom stereocenters. The summed E-state index contributed by atoms with van der Waals surface area (Å²) >= 11 is 3.05. The van der Waals surface area contributed by atoms with Crippen LogP contribution in [0.4, 0.5) is 14.5 Å². The van der Waals surface area contributed by atoms with Crippen molar-refractivity contribution in [3.05, 3.63) is 28.2 Å². The van der Waals surface area contributed by atoms with Gasteiger partial charge in [0.1, 0.15) is 11.6 Å². The second-order valence-electron chi connectivity index (χ2n) is 4.14. The molecule has 1 atom stereocenters. The zero-order valence-corrected chi connectivity index (χ0v) is 10.5. The molecule has 0 aliphatic carbocycles. The maximum Gasteiger partial charge on any atom is 0.149 e. The lowest BCUT2D eigenvalue weighted by Crippen LogP contribution is -2.24. The minimum absolute atomic E-state index is 0.233. The number of likely N-dealkylation sites (tertiary alicyclic amines) is 1. The highest BCUT2D eigenvalue weighted by Gasteiger charge is 2.20. The van der Waals surface area contributed by atoms with Gasteiger partial charge in [0.25, 0.3) is 0 Å². The van der Waals surface area contributed by atoms with Gasteiger partial charge in [-0.2, -0.15) is 0 Å². The molecular weight excluding hydrogens is 278 g/mol. The standard InChI is InChI=1S/C11H13BrF2N2/c1-16-3-2-7(6-16)15-11-4-8(12)9(13)5-10(11)14/h4-5,7,15H,2-3,6H2,1H3. The molecular formula is C11H13BrF2N2. The summed E-state index contributed by atoms with van der Waals surface area (Å²) in [5.74, 6) is -1.12. The van der Waals surface area contributed by atoms with Crippen molar-refractivity contribution in [1.29, 1.82) is 0 Å². The summed E-state index contributed by atoms with van der Waals surface area (Å²) < 4.78 is 26.7. The van der Waals surface area contributed by atoms with Gasteiger partial charge in [0.2, 0.25) is 0 Å². The maximum absolute atomic E-state index is 13.4. The molecule has 1 N–H and O–H groups in total. The summed E-state index contributed by atoms with van der Waals surface area (Å²) in [4.78, 5) is 2.17. The molecule has 0 radical (unpaired) electrons. The van der Waals surface area contributed by atoms with Crippen molar-refractivity contribution in [3.8, 4) is 0 Å². The van der Waals surface area contributed by atoms with Crippen LogP contribution in [0.15, 0.2) is 16.6 Å². The molecule has 1 aliphatic rings. The van der Waals surface area contributed by atoms with Crippen molar-refractivity contribution >= 4 is 21.6 Å². The Balaban J connectivity index is 2.12. The monoisotopic (exact) mass is 290 g/mol. The van der Waals surface area contributed by atoms with E-state index in [0.717, 1.165) is 25.6 Å². The van der Waals surface area contributed by atoms with Gasteiger partial charge in [0.05, 0.1) is 10.2 Å². The number of halogens is 3. The Morgan fingerprint density at radius 2 is 2.12 bits per heavy atom. The largest absolute Gasteiger partial charge is 0.379 e. The number of benzene rings is 1. The molecule has 1 saturated heterocycles. The lowest BCUT2D eigenvalue weighted by molar-refractivity contribution is 0.414. The molecule has 16 heavy (non-hydrogen) atoms. The fraction of sp³-hybridized carbons (Fsp3) is 0.455. The van der Waals surface area contributed by atoms with E-state index in [1.165, 1.54) is 6.07 Å². The molecule has 0 aromatic heterocycles. The molecule has 2 rings (SSSR count). The topological polar surface area (TPSA) is 15.3 Å². The van der Waals surface area contributed by atoms with Crippen LogP contribution in [-0.2, 0) is 0 Å². The van der Waals surface area contributed by atoms with E-state index in [-0.39, 0.29) is 10.5 Å². The number of hydrogen-bond donors (Lipinski definition) is 1. The van der Waals surface area contributed by atoms with Crippen LogP contribution in [-0.4, -0.2) is 31.1 Å². The molecule has 88 valence electrons. The molecule has 0 amide bonds. The molecule has 0 saturated carbocycles. The fourth-order valence-corrected chi connectivity index (χ4v) is 2.25. The molecule has 1 fully saturated rings. The van der Waals surface area contributed by atoms with Gasteiger partial charge in [-0.25, -0.2) is 8.78 Å². The lowest BCUT2D eigenvalue weighted by atomic mass is 10.2. The number of likely N-dealkylation sites (N-methyl/N-ethyl adjacent to an activating group) is 1. The van der Waals surface area contributed by atoms with Gasteiger partial charge >= 0.3 is 0 Å². The fourth-order valence-electron chi connectivity index (χ4n) is 1.91. The smallest absolute Gasteiger partial charge is 0.149 e. The number of hydrogen-bond acceptors (Lipinski definition) is 2. The first-order valence-electron chi connectivity index (χ1n) is 5.16. The molecule has 2 nitrogen and oxygen atoms in total. The number of anilines is 1. The normalized spacial score (nSPS) is 21.4. The lowest BCUT2D eigenvalue weighted by Gasteiger charge is -2.15. The van der Waals surface area contributed by atoms with Gasteiger partial charge in [0.15, 0.2) is 0 Å². The van der Waals surface area contributed by atoms with Gasteiger partial charge in [-0.05, 0) is 42.0 Å². The van der Waals surface area contributed by atoms with Crippen LogP contribution in [0.3, 0.4) is 0 Å². The van der Waals surface area contributed by atoms with E-state index in [1.54, 1.807) is 0 Å². The molecule has 0 spiro atoms. The van der Waals surface area contributed by atoms with Crippen molar-refractivity contribution in [2.24, 2.45) is 0 Å². The molecule has 0 bridgehead atoms. The molecule has 1 aromatic carbocycles. The van der Waals surface area contributed by atoms with Crippen molar-refractivity contribution in [2.45, 2.75) is 12.5 Å². The van der Waals surface area contributed by atoms with Crippen molar-refractivity contribution in [3.63, 3.8) is 0 Å². The highest BCUT2D eigenvalue weighted by atomic mass is 79.9. The van der Waals surface area contributed by atoms with Gasteiger partial charge in [-0.3, -0.25) is 0 Å². The highest BCUT2D eigenvalue weighted by Crippen LogP contribution is 2.25.